The summed E-state index contributed by atoms with van der Waals surface area (Å²) < 4.78 is 44.7. The van der Waals surface area contributed by atoms with Crippen molar-refractivity contribution in [3.63, 3.8) is 0 Å². The van der Waals surface area contributed by atoms with Gasteiger partial charge in [0.15, 0.2) is 0 Å². The number of aryl methyl sites for hydroxylation is 1. The quantitative estimate of drug-likeness (QED) is 0.486. The number of hydrogen-bond donors (Lipinski definition) is 3. The molecule has 0 aliphatic heterocycles. The fourth-order valence-electron chi connectivity index (χ4n) is 3.69. The van der Waals surface area contributed by atoms with Crippen LogP contribution in [0.4, 0.5) is 0 Å². The Hall–Kier alpha value is -1.68. The van der Waals surface area contributed by atoms with E-state index in [0.29, 0.717) is 31.3 Å². The Kier molecular flexibility index (Phi) is 6.05. The van der Waals surface area contributed by atoms with Crippen LogP contribution in [0.15, 0.2) is 54.1 Å². The summed E-state index contributed by atoms with van der Waals surface area (Å²) in [6.45, 7) is 0.0839. The largest absolute Gasteiger partial charge is 0.393 e. The van der Waals surface area contributed by atoms with Crippen LogP contribution < -0.4 is 0 Å². The van der Waals surface area contributed by atoms with Crippen molar-refractivity contribution in [1.82, 2.24) is 0 Å². The highest BCUT2D eigenvalue weighted by Gasteiger charge is 2.24. The number of aliphatic hydroxyl groups excluding tert-OH is 2. The summed E-state index contributed by atoms with van der Waals surface area (Å²) >= 11 is 0. The normalized spacial score (nSPS) is 26.3. The van der Waals surface area contributed by atoms with Gasteiger partial charge in [0.25, 0.3) is 0 Å². The lowest BCUT2D eigenvalue weighted by Crippen LogP contribution is -2.26. The molecule has 0 radical (unpaired) electrons. The molecule has 29 heavy (non-hydrogen) atoms. The first-order valence-electron chi connectivity index (χ1n) is 13.5. The number of hydrogen-bond acceptors (Lipinski definition) is 3. The van der Waals surface area contributed by atoms with Gasteiger partial charge in [-0.2, -0.15) is 0 Å². The predicted molar refractivity (Wildman–Crippen MR) is 122 cm³/mol. The maximum absolute atomic E-state index is 10.3. The van der Waals surface area contributed by atoms with E-state index in [4.69, 9.17) is 8.22 Å². The van der Waals surface area contributed by atoms with Gasteiger partial charge in [-0.25, -0.2) is 0 Å². The Bertz CT molecular complexity index is 916. The molecule has 0 heterocycles. The van der Waals surface area contributed by atoms with E-state index < -0.39 is 31.5 Å². The lowest BCUT2D eigenvalue weighted by Gasteiger charge is -2.26. The molecule has 3 heteroatoms. The second kappa shape index (κ2) is 10.9. The third-order valence-electron chi connectivity index (χ3n) is 5.43. The zero-order valence-corrected chi connectivity index (χ0v) is 17.3. The zero-order chi connectivity index (χ0) is 26.4. The lowest BCUT2D eigenvalue weighted by molar-refractivity contribution is 0.0680. The molecule has 3 N–H and O–H groups in total. The van der Waals surface area contributed by atoms with Crippen LogP contribution in [0, 0.1) is 0 Å². The van der Waals surface area contributed by atoms with Crippen LogP contribution in [0.2, 0.25) is 0 Å². The number of allylic oxidation sites excluding steroid dienone is 3. The van der Waals surface area contributed by atoms with Gasteiger partial charge in [0.2, 0.25) is 0 Å². The Morgan fingerprint density at radius 3 is 2.79 bits per heavy atom. The second-order valence-corrected chi connectivity index (χ2v) is 7.99. The van der Waals surface area contributed by atoms with Gasteiger partial charge in [-0.3, -0.25) is 0 Å². The van der Waals surface area contributed by atoms with Gasteiger partial charge in [-0.15, -0.1) is 0 Å². The fraction of sp³-hybridized carbons (Fsp3) is 0.538. The van der Waals surface area contributed by atoms with Crippen molar-refractivity contribution in [1.29, 1.82) is 0 Å². The standard InChI is InChI=1S/C26H38O3/c1-5-21(13-14-22-17-24(27)18-25(28)19(22)2)23-12-9-11-20(16-23)10-7-6-8-15-26(3,4)29/h9,11-14,16,24-25,27-29H,2,5-8,10,15,17-18H2,1,3-4H3/b21-13+,22-14-/t24-,25+/m1/s1/i3D3,4D3. The molecule has 0 amide bonds. The molecular weight excluding hydrogens is 360 g/mol. The van der Waals surface area contributed by atoms with Gasteiger partial charge in [0, 0.05) is 14.6 Å². The maximum atomic E-state index is 10.3. The summed E-state index contributed by atoms with van der Waals surface area (Å²) in [5.41, 5.74) is 2.12. The third kappa shape index (κ3) is 7.93. The first kappa shape index (κ1) is 16.1. The number of unbranched alkanes of at least 4 members (excludes halogenated alkanes) is 2. The molecule has 1 fully saturated rings. The highest BCUT2D eigenvalue weighted by atomic mass is 16.3. The summed E-state index contributed by atoms with van der Waals surface area (Å²) in [5.74, 6) is 0. The average Bonchev–Trinajstić information content (AvgIpc) is 2.75. The second-order valence-electron chi connectivity index (χ2n) is 7.99. The smallest absolute Gasteiger partial charge is 0.0811 e. The highest BCUT2D eigenvalue weighted by Crippen LogP contribution is 2.29. The molecule has 0 saturated heterocycles. The minimum Gasteiger partial charge on any atom is -0.393 e. The first-order valence-corrected chi connectivity index (χ1v) is 10.5. The van der Waals surface area contributed by atoms with Crippen molar-refractivity contribution in [2.45, 2.75) is 89.8 Å². The van der Waals surface area contributed by atoms with Gasteiger partial charge in [0.05, 0.1) is 17.8 Å². The molecule has 3 nitrogen and oxygen atoms in total. The summed E-state index contributed by atoms with van der Waals surface area (Å²) in [5, 5.41) is 30.4. The fourth-order valence-corrected chi connectivity index (χ4v) is 3.69. The van der Waals surface area contributed by atoms with Crippen molar-refractivity contribution in [2.24, 2.45) is 0 Å². The highest BCUT2D eigenvalue weighted by molar-refractivity contribution is 5.68. The van der Waals surface area contributed by atoms with Crippen LogP contribution in [0.25, 0.3) is 5.57 Å². The molecular formula is C26H38O3. The Morgan fingerprint density at radius 1 is 1.28 bits per heavy atom. The Balaban J connectivity index is 2.01. The van der Waals surface area contributed by atoms with Crippen LogP contribution in [-0.2, 0) is 6.42 Å². The van der Waals surface area contributed by atoms with E-state index >= 15 is 0 Å². The average molecular weight is 405 g/mol. The molecule has 2 atom stereocenters. The molecule has 1 aromatic carbocycles. The van der Waals surface area contributed by atoms with E-state index in [0.717, 1.165) is 41.5 Å². The van der Waals surface area contributed by atoms with Gasteiger partial charge < -0.3 is 15.3 Å². The molecule has 0 aromatic heterocycles. The maximum Gasteiger partial charge on any atom is 0.0811 e. The molecule has 0 bridgehead atoms. The van der Waals surface area contributed by atoms with E-state index in [1.54, 1.807) is 0 Å². The Morgan fingerprint density at radius 2 is 2.07 bits per heavy atom. The molecule has 1 aliphatic carbocycles. The van der Waals surface area contributed by atoms with E-state index in [1.807, 2.05) is 30.4 Å². The molecule has 0 spiro atoms. The van der Waals surface area contributed by atoms with Crippen LogP contribution in [-0.4, -0.2) is 33.1 Å². The SMILES string of the molecule is [2H]C([2H])([2H])C(O)(CCCCCc1cccc(/C(=C/C=C2/C[C@@H](O)C[C@H](O)C2=C)CC)c1)C([2H])([2H])[2H]. The van der Waals surface area contributed by atoms with Crippen LogP contribution in [0.5, 0.6) is 0 Å². The summed E-state index contributed by atoms with van der Waals surface area (Å²) in [4.78, 5) is 0. The van der Waals surface area contributed by atoms with Gasteiger partial charge >= 0.3 is 0 Å². The molecule has 1 aromatic rings. The van der Waals surface area contributed by atoms with Crippen LogP contribution in [0.1, 0.15) is 84.9 Å². The minimum atomic E-state index is -2.97. The van der Waals surface area contributed by atoms with E-state index in [2.05, 4.69) is 19.6 Å². The Labute approximate surface area is 184 Å². The van der Waals surface area contributed by atoms with E-state index in [9.17, 15) is 15.3 Å². The minimum absolute atomic E-state index is 0.299. The van der Waals surface area contributed by atoms with E-state index in [-0.39, 0.29) is 6.42 Å². The number of benzene rings is 1. The van der Waals surface area contributed by atoms with Gasteiger partial charge in [-0.1, -0.05) is 62.8 Å². The van der Waals surface area contributed by atoms with Crippen LogP contribution in [0.3, 0.4) is 0 Å². The molecule has 1 aliphatic rings. The molecule has 1 saturated carbocycles. The van der Waals surface area contributed by atoms with Crippen molar-refractivity contribution < 1.29 is 23.5 Å². The van der Waals surface area contributed by atoms with Crippen molar-refractivity contribution in [3.8, 4) is 0 Å². The first-order chi connectivity index (χ1) is 16.2. The summed E-state index contributed by atoms with van der Waals surface area (Å²) in [6.07, 6.45) is 6.34. The third-order valence-corrected chi connectivity index (χ3v) is 5.43. The van der Waals surface area contributed by atoms with E-state index in [1.165, 1.54) is 0 Å². The van der Waals surface area contributed by atoms with Crippen molar-refractivity contribution in [2.75, 3.05) is 0 Å². The lowest BCUT2D eigenvalue weighted by atomic mass is 9.86. The monoisotopic (exact) mass is 404 g/mol. The summed E-state index contributed by atoms with van der Waals surface area (Å²) in [7, 11) is 0. The van der Waals surface area contributed by atoms with Gasteiger partial charge in [-0.05, 0) is 73.7 Å². The van der Waals surface area contributed by atoms with Crippen molar-refractivity contribution >= 4 is 5.57 Å². The predicted octanol–water partition coefficient (Wildman–Crippen LogP) is 5.35. The number of aliphatic hydroxyl groups is 3. The van der Waals surface area contributed by atoms with Crippen molar-refractivity contribution in [3.05, 3.63) is 65.3 Å². The summed E-state index contributed by atoms with van der Waals surface area (Å²) in [6, 6.07) is 8.14. The van der Waals surface area contributed by atoms with Crippen LogP contribution >= 0.6 is 0 Å². The molecule has 160 valence electrons. The molecule has 2 rings (SSSR count). The topological polar surface area (TPSA) is 60.7 Å². The number of rotatable bonds is 9. The zero-order valence-electron chi connectivity index (χ0n) is 23.3. The molecule has 0 unspecified atom stereocenters. The van der Waals surface area contributed by atoms with Gasteiger partial charge in [0.1, 0.15) is 0 Å².